The van der Waals surface area contributed by atoms with Crippen LogP contribution in [0.4, 0.5) is 0 Å². The monoisotopic (exact) mass is 178 g/mol. The largest absolute Gasteiger partial charge is 0.508 e. The van der Waals surface area contributed by atoms with Crippen LogP contribution >= 0.6 is 0 Å². The van der Waals surface area contributed by atoms with E-state index < -0.39 is 0 Å². The molecule has 1 aromatic carbocycles. The quantitative estimate of drug-likeness (QED) is 0.764. The molecule has 1 rings (SSSR count). The van der Waals surface area contributed by atoms with Gasteiger partial charge >= 0.3 is 0 Å². The van der Waals surface area contributed by atoms with Gasteiger partial charge in [0, 0.05) is 12.5 Å². The highest BCUT2D eigenvalue weighted by Crippen LogP contribution is 2.19. The van der Waals surface area contributed by atoms with E-state index in [9.17, 15) is 5.11 Å². The lowest BCUT2D eigenvalue weighted by molar-refractivity contribution is 0.348. The SMILES string of the molecule is CC([CH]c1ccccc1O)N(C)C. The second-order valence-corrected chi connectivity index (χ2v) is 3.43. The molecule has 0 aliphatic heterocycles. The van der Waals surface area contributed by atoms with Crippen molar-refractivity contribution in [3.05, 3.63) is 36.2 Å². The Morgan fingerprint density at radius 3 is 2.46 bits per heavy atom. The Morgan fingerprint density at radius 1 is 1.31 bits per heavy atom. The molecule has 0 saturated carbocycles. The fraction of sp³-hybridized carbons (Fsp3) is 0.364. The summed E-state index contributed by atoms with van der Waals surface area (Å²) in [7, 11) is 4.03. The summed E-state index contributed by atoms with van der Waals surface area (Å²) in [6.45, 7) is 2.09. The molecule has 0 aliphatic rings. The average molecular weight is 178 g/mol. The zero-order valence-corrected chi connectivity index (χ0v) is 8.36. The van der Waals surface area contributed by atoms with Crippen molar-refractivity contribution in [1.29, 1.82) is 0 Å². The van der Waals surface area contributed by atoms with Gasteiger partial charge in [-0.2, -0.15) is 0 Å². The molecule has 13 heavy (non-hydrogen) atoms. The first-order chi connectivity index (χ1) is 6.11. The summed E-state index contributed by atoms with van der Waals surface area (Å²) in [6, 6.07) is 7.69. The minimum absolute atomic E-state index is 0.327. The number of hydrogen-bond acceptors (Lipinski definition) is 2. The van der Waals surface area contributed by atoms with Crippen molar-refractivity contribution >= 4 is 0 Å². The van der Waals surface area contributed by atoms with Crippen LogP contribution in [0.25, 0.3) is 0 Å². The molecule has 71 valence electrons. The number of phenolic OH excluding ortho intramolecular Hbond substituents is 1. The molecule has 0 spiro atoms. The first kappa shape index (κ1) is 10.1. The van der Waals surface area contributed by atoms with Crippen LogP contribution in [0.15, 0.2) is 24.3 Å². The van der Waals surface area contributed by atoms with E-state index in [0.717, 1.165) is 5.56 Å². The standard InChI is InChI=1S/C11H16NO/c1-9(12(2)3)8-10-6-4-5-7-11(10)13/h4-9,13H,1-3H3. The maximum Gasteiger partial charge on any atom is 0.119 e. The summed E-state index contributed by atoms with van der Waals surface area (Å²) in [4.78, 5) is 2.09. The van der Waals surface area contributed by atoms with Crippen molar-refractivity contribution < 1.29 is 5.11 Å². The topological polar surface area (TPSA) is 23.5 Å². The van der Waals surface area contributed by atoms with Crippen molar-refractivity contribution in [2.24, 2.45) is 0 Å². The summed E-state index contributed by atoms with van der Waals surface area (Å²) in [5.74, 6) is 0.344. The number of para-hydroxylation sites is 1. The number of phenols is 1. The van der Waals surface area contributed by atoms with Gasteiger partial charge in [0.05, 0.1) is 0 Å². The van der Waals surface area contributed by atoms with Gasteiger partial charge in [-0.15, -0.1) is 0 Å². The highest BCUT2D eigenvalue weighted by atomic mass is 16.3. The Kier molecular flexibility index (Phi) is 3.32. The van der Waals surface area contributed by atoms with Crippen LogP contribution in [0, 0.1) is 6.42 Å². The van der Waals surface area contributed by atoms with E-state index >= 15 is 0 Å². The fourth-order valence-corrected chi connectivity index (χ4v) is 1.04. The minimum atomic E-state index is 0.327. The Labute approximate surface area is 79.8 Å². The molecule has 0 amide bonds. The first-order valence-corrected chi connectivity index (χ1v) is 4.40. The summed E-state index contributed by atoms with van der Waals surface area (Å²) in [5, 5.41) is 9.49. The van der Waals surface area contributed by atoms with E-state index in [2.05, 4.69) is 11.8 Å². The van der Waals surface area contributed by atoms with Gasteiger partial charge in [0.2, 0.25) is 0 Å². The molecule has 2 nitrogen and oxygen atoms in total. The lowest BCUT2D eigenvalue weighted by Gasteiger charge is -2.19. The average Bonchev–Trinajstić information content (AvgIpc) is 2.08. The molecule has 0 aromatic heterocycles. The van der Waals surface area contributed by atoms with Gasteiger partial charge in [-0.05, 0) is 32.6 Å². The van der Waals surface area contributed by atoms with Crippen LogP contribution in [0.3, 0.4) is 0 Å². The second-order valence-electron chi connectivity index (χ2n) is 3.43. The molecular formula is C11H16NO. The molecule has 2 heteroatoms. The van der Waals surface area contributed by atoms with Crippen LogP contribution in [0.5, 0.6) is 5.75 Å². The van der Waals surface area contributed by atoms with Gasteiger partial charge in [0.15, 0.2) is 0 Å². The fourth-order valence-electron chi connectivity index (χ4n) is 1.04. The summed E-state index contributed by atoms with van der Waals surface area (Å²) in [5.41, 5.74) is 0.892. The molecule has 1 radical (unpaired) electrons. The van der Waals surface area contributed by atoms with Crippen LogP contribution in [0.1, 0.15) is 12.5 Å². The van der Waals surface area contributed by atoms with Crippen molar-refractivity contribution in [3.63, 3.8) is 0 Å². The number of aromatic hydroxyl groups is 1. The van der Waals surface area contributed by atoms with E-state index in [1.807, 2.05) is 38.7 Å². The molecule has 0 bridgehead atoms. The molecule has 0 heterocycles. The van der Waals surface area contributed by atoms with Gasteiger partial charge in [0.1, 0.15) is 5.75 Å². The van der Waals surface area contributed by atoms with E-state index in [0.29, 0.717) is 11.8 Å². The highest BCUT2D eigenvalue weighted by Gasteiger charge is 2.08. The summed E-state index contributed by atoms with van der Waals surface area (Å²) < 4.78 is 0. The third kappa shape index (κ3) is 2.74. The first-order valence-electron chi connectivity index (χ1n) is 4.40. The van der Waals surface area contributed by atoms with Crippen LogP contribution in [-0.2, 0) is 0 Å². The third-order valence-corrected chi connectivity index (χ3v) is 2.17. The maximum absolute atomic E-state index is 9.49. The maximum atomic E-state index is 9.49. The Morgan fingerprint density at radius 2 is 1.92 bits per heavy atom. The molecule has 0 fully saturated rings. The highest BCUT2D eigenvalue weighted by molar-refractivity contribution is 5.38. The van der Waals surface area contributed by atoms with E-state index in [1.165, 1.54) is 0 Å². The zero-order chi connectivity index (χ0) is 9.84. The van der Waals surface area contributed by atoms with Crippen LogP contribution in [0.2, 0.25) is 0 Å². The predicted molar refractivity (Wildman–Crippen MR) is 54.7 cm³/mol. The van der Waals surface area contributed by atoms with Crippen molar-refractivity contribution in [2.75, 3.05) is 14.1 Å². The molecule has 1 N–H and O–H groups in total. The lowest BCUT2D eigenvalue weighted by Crippen LogP contribution is -2.25. The molecule has 0 saturated heterocycles. The molecular weight excluding hydrogens is 162 g/mol. The number of hydrogen-bond donors (Lipinski definition) is 1. The van der Waals surface area contributed by atoms with Crippen molar-refractivity contribution in [1.82, 2.24) is 4.90 Å². The normalized spacial score (nSPS) is 13.2. The van der Waals surface area contributed by atoms with Gasteiger partial charge < -0.3 is 10.0 Å². The van der Waals surface area contributed by atoms with Gasteiger partial charge in [-0.1, -0.05) is 18.2 Å². The number of benzene rings is 1. The van der Waals surface area contributed by atoms with E-state index in [4.69, 9.17) is 0 Å². The molecule has 1 unspecified atom stereocenters. The van der Waals surface area contributed by atoms with Gasteiger partial charge in [-0.3, -0.25) is 0 Å². The molecule has 1 aromatic rings. The number of rotatable bonds is 3. The second kappa shape index (κ2) is 4.28. The van der Waals surface area contributed by atoms with Crippen molar-refractivity contribution in [2.45, 2.75) is 13.0 Å². The van der Waals surface area contributed by atoms with E-state index in [1.54, 1.807) is 6.07 Å². The smallest absolute Gasteiger partial charge is 0.119 e. The van der Waals surface area contributed by atoms with Crippen LogP contribution < -0.4 is 0 Å². The lowest BCUT2D eigenvalue weighted by atomic mass is 10.1. The summed E-state index contributed by atoms with van der Waals surface area (Å²) >= 11 is 0. The summed E-state index contributed by atoms with van der Waals surface area (Å²) in [6.07, 6.45) is 2.04. The molecule has 1 atom stereocenters. The zero-order valence-electron chi connectivity index (χ0n) is 8.36. The van der Waals surface area contributed by atoms with Crippen LogP contribution in [-0.4, -0.2) is 30.1 Å². The van der Waals surface area contributed by atoms with Gasteiger partial charge in [-0.25, -0.2) is 0 Å². The van der Waals surface area contributed by atoms with Crippen molar-refractivity contribution in [3.8, 4) is 5.75 Å². The Balaban J connectivity index is 2.69. The van der Waals surface area contributed by atoms with Gasteiger partial charge in [0.25, 0.3) is 0 Å². The third-order valence-electron chi connectivity index (χ3n) is 2.17. The minimum Gasteiger partial charge on any atom is -0.508 e. The number of nitrogens with zero attached hydrogens (tertiary/aromatic N) is 1. The Bertz CT molecular complexity index is 271. The predicted octanol–water partition coefficient (Wildman–Crippen LogP) is 1.89. The van der Waals surface area contributed by atoms with E-state index in [-0.39, 0.29) is 0 Å². The molecule has 0 aliphatic carbocycles. The Hall–Kier alpha value is -1.02. The number of likely N-dealkylation sites (N-methyl/N-ethyl adjacent to an activating group) is 1.